The molecule has 1 atom stereocenters. The minimum absolute atomic E-state index is 0.271. The second-order valence-corrected chi connectivity index (χ2v) is 5.31. The summed E-state index contributed by atoms with van der Waals surface area (Å²) >= 11 is 0. The molecule has 0 radical (unpaired) electrons. The normalized spacial score (nSPS) is 15.4. The Hall–Kier alpha value is -0.210. The van der Waals surface area contributed by atoms with Crippen molar-refractivity contribution in [1.29, 1.82) is 0 Å². The second kappa shape index (κ2) is 5.76. The van der Waals surface area contributed by atoms with Crippen molar-refractivity contribution in [2.45, 2.75) is 66.0 Å². The Morgan fingerprint density at radius 1 is 0.933 bits per heavy atom. The molecule has 0 aliphatic rings. The molecular formula is C12H23F3. The summed E-state index contributed by atoms with van der Waals surface area (Å²) in [6.45, 7) is 7.08. The molecule has 0 saturated carbocycles. The molecule has 15 heavy (non-hydrogen) atoms. The van der Waals surface area contributed by atoms with Gasteiger partial charge in [-0.15, -0.1) is 0 Å². The fourth-order valence-corrected chi connectivity index (χ4v) is 1.86. The Balaban J connectivity index is 4.17. The van der Waals surface area contributed by atoms with Crippen molar-refractivity contribution in [3.63, 3.8) is 0 Å². The first kappa shape index (κ1) is 14.8. The molecular weight excluding hydrogens is 201 g/mol. The van der Waals surface area contributed by atoms with Gasteiger partial charge in [0.2, 0.25) is 0 Å². The molecule has 0 rings (SSSR count). The van der Waals surface area contributed by atoms with Gasteiger partial charge in [-0.05, 0) is 11.8 Å². The van der Waals surface area contributed by atoms with Crippen LogP contribution >= 0.6 is 0 Å². The van der Waals surface area contributed by atoms with Gasteiger partial charge in [0, 0.05) is 0 Å². The first-order valence-electron chi connectivity index (χ1n) is 5.76. The highest BCUT2D eigenvalue weighted by molar-refractivity contribution is 4.79. The molecule has 3 heteroatoms. The molecule has 0 amide bonds. The fraction of sp³-hybridized carbons (Fsp3) is 1.00. The SMILES string of the molecule is CCCCCC[C@H](C(C)(C)C)C(F)(F)F. The van der Waals surface area contributed by atoms with Crippen molar-refractivity contribution in [3.8, 4) is 0 Å². The van der Waals surface area contributed by atoms with Crippen molar-refractivity contribution in [2.75, 3.05) is 0 Å². The molecule has 0 nitrogen and oxygen atoms in total. The number of hydrogen-bond donors (Lipinski definition) is 0. The maximum Gasteiger partial charge on any atom is 0.392 e. The van der Waals surface area contributed by atoms with Crippen LogP contribution in [0.3, 0.4) is 0 Å². The molecule has 0 aromatic heterocycles. The van der Waals surface area contributed by atoms with Gasteiger partial charge in [0.15, 0.2) is 0 Å². The summed E-state index contributed by atoms with van der Waals surface area (Å²) in [7, 11) is 0. The molecule has 0 saturated heterocycles. The van der Waals surface area contributed by atoms with Crippen LogP contribution in [0, 0.1) is 11.3 Å². The second-order valence-electron chi connectivity index (χ2n) is 5.31. The van der Waals surface area contributed by atoms with E-state index in [1.54, 1.807) is 20.8 Å². The fourth-order valence-electron chi connectivity index (χ4n) is 1.86. The van der Waals surface area contributed by atoms with Crippen molar-refractivity contribution in [3.05, 3.63) is 0 Å². The third-order valence-electron chi connectivity index (χ3n) is 2.79. The third-order valence-corrected chi connectivity index (χ3v) is 2.79. The summed E-state index contributed by atoms with van der Waals surface area (Å²) in [4.78, 5) is 0. The van der Waals surface area contributed by atoms with Gasteiger partial charge in [-0.3, -0.25) is 0 Å². The molecule has 0 bridgehead atoms. The lowest BCUT2D eigenvalue weighted by atomic mass is 9.77. The predicted octanol–water partition coefficient (Wildman–Crippen LogP) is 5.18. The first-order valence-corrected chi connectivity index (χ1v) is 5.76. The minimum Gasteiger partial charge on any atom is -0.171 e. The monoisotopic (exact) mass is 224 g/mol. The number of hydrogen-bond acceptors (Lipinski definition) is 0. The van der Waals surface area contributed by atoms with Gasteiger partial charge < -0.3 is 0 Å². The van der Waals surface area contributed by atoms with E-state index in [4.69, 9.17) is 0 Å². The van der Waals surface area contributed by atoms with E-state index >= 15 is 0 Å². The van der Waals surface area contributed by atoms with E-state index in [0.29, 0.717) is 6.42 Å². The van der Waals surface area contributed by atoms with Gasteiger partial charge in [-0.1, -0.05) is 53.4 Å². The highest BCUT2D eigenvalue weighted by Gasteiger charge is 2.45. The van der Waals surface area contributed by atoms with Crippen LogP contribution in [0.5, 0.6) is 0 Å². The third kappa shape index (κ3) is 6.06. The summed E-state index contributed by atoms with van der Waals surface area (Å²) in [5.41, 5.74) is -0.676. The van der Waals surface area contributed by atoms with Crippen LogP contribution in [0.1, 0.15) is 59.8 Å². The molecule has 0 spiro atoms. The van der Waals surface area contributed by atoms with Crippen LogP contribution in [0.2, 0.25) is 0 Å². The maximum absolute atomic E-state index is 12.7. The zero-order valence-electron chi connectivity index (χ0n) is 10.2. The summed E-state index contributed by atoms with van der Waals surface area (Å²) < 4.78 is 38.2. The van der Waals surface area contributed by atoms with Crippen LogP contribution in [0.15, 0.2) is 0 Å². The van der Waals surface area contributed by atoms with E-state index in [1.165, 1.54) is 0 Å². The number of rotatable bonds is 5. The van der Waals surface area contributed by atoms with E-state index in [2.05, 4.69) is 6.92 Å². The molecule has 0 aromatic carbocycles. The molecule has 92 valence electrons. The molecule has 0 unspecified atom stereocenters. The van der Waals surface area contributed by atoms with Gasteiger partial charge in [0.1, 0.15) is 0 Å². The molecule has 0 aliphatic carbocycles. The van der Waals surface area contributed by atoms with Crippen molar-refractivity contribution >= 4 is 0 Å². The summed E-state index contributed by atoms with van der Waals surface area (Å²) in [6.07, 6.45) is -0.0766. The predicted molar refractivity (Wildman–Crippen MR) is 57.8 cm³/mol. The Morgan fingerprint density at radius 3 is 1.80 bits per heavy atom. The molecule has 0 aliphatic heterocycles. The largest absolute Gasteiger partial charge is 0.392 e. The van der Waals surface area contributed by atoms with Gasteiger partial charge >= 0.3 is 6.18 Å². The molecule has 0 heterocycles. The van der Waals surface area contributed by atoms with Crippen LogP contribution in [-0.2, 0) is 0 Å². The maximum atomic E-state index is 12.7. The minimum atomic E-state index is -4.05. The van der Waals surface area contributed by atoms with Gasteiger partial charge in [0.25, 0.3) is 0 Å². The highest BCUT2D eigenvalue weighted by Crippen LogP contribution is 2.42. The van der Waals surface area contributed by atoms with Gasteiger partial charge in [-0.2, -0.15) is 13.2 Å². The summed E-state index contributed by atoms with van der Waals surface area (Å²) in [6, 6.07) is 0. The first-order chi connectivity index (χ1) is 6.69. The molecule has 0 fully saturated rings. The van der Waals surface area contributed by atoms with E-state index in [-0.39, 0.29) is 6.42 Å². The van der Waals surface area contributed by atoms with Crippen molar-refractivity contribution in [2.24, 2.45) is 11.3 Å². The average Bonchev–Trinajstić information content (AvgIpc) is 1.99. The van der Waals surface area contributed by atoms with E-state index in [9.17, 15) is 13.2 Å². The smallest absolute Gasteiger partial charge is 0.171 e. The Morgan fingerprint density at radius 2 is 1.47 bits per heavy atom. The Kier molecular flexibility index (Phi) is 5.68. The van der Waals surface area contributed by atoms with Crippen molar-refractivity contribution < 1.29 is 13.2 Å². The van der Waals surface area contributed by atoms with Crippen LogP contribution < -0.4 is 0 Å². The van der Waals surface area contributed by atoms with Crippen LogP contribution in [0.4, 0.5) is 13.2 Å². The zero-order valence-corrected chi connectivity index (χ0v) is 10.2. The zero-order chi connectivity index (χ0) is 12.1. The number of halogens is 3. The lowest BCUT2D eigenvalue weighted by Crippen LogP contribution is -2.34. The number of unbranched alkanes of at least 4 members (excludes halogenated alkanes) is 3. The van der Waals surface area contributed by atoms with Crippen LogP contribution in [-0.4, -0.2) is 6.18 Å². The average molecular weight is 224 g/mol. The van der Waals surface area contributed by atoms with Gasteiger partial charge in [0.05, 0.1) is 5.92 Å². The standard InChI is InChI=1S/C12H23F3/c1-5-6-7-8-9-10(11(2,3)4)12(13,14)15/h10H,5-9H2,1-4H3/t10-/m1/s1. The van der Waals surface area contributed by atoms with Crippen LogP contribution in [0.25, 0.3) is 0 Å². The summed E-state index contributed by atoms with van der Waals surface area (Å²) in [5, 5.41) is 0. The Labute approximate surface area is 91.3 Å². The van der Waals surface area contributed by atoms with E-state index in [0.717, 1.165) is 19.3 Å². The summed E-state index contributed by atoms with van der Waals surface area (Å²) in [5.74, 6) is -1.16. The lowest BCUT2D eigenvalue weighted by molar-refractivity contribution is -0.202. The van der Waals surface area contributed by atoms with Crippen molar-refractivity contribution in [1.82, 2.24) is 0 Å². The Bertz CT molecular complexity index is 151. The number of alkyl halides is 3. The topological polar surface area (TPSA) is 0 Å². The lowest BCUT2D eigenvalue weighted by Gasteiger charge is -2.32. The van der Waals surface area contributed by atoms with E-state index < -0.39 is 17.5 Å². The molecule has 0 N–H and O–H groups in total. The quantitative estimate of drug-likeness (QED) is 0.564. The highest BCUT2D eigenvalue weighted by atomic mass is 19.4. The molecule has 0 aromatic rings. The van der Waals surface area contributed by atoms with Gasteiger partial charge in [-0.25, -0.2) is 0 Å². The van der Waals surface area contributed by atoms with E-state index in [1.807, 2.05) is 0 Å².